The molecule has 1 saturated carbocycles. The maximum absolute atomic E-state index is 11.4. The number of phenolic OH excluding ortho intramolecular Hbond substituents is 1. The van der Waals surface area contributed by atoms with Crippen LogP contribution in [0.2, 0.25) is 0 Å². The summed E-state index contributed by atoms with van der Waals surface area (Å²) in [6.07, 6.45) is 5.39. The lowest BCUT2D eigenvalue weighted by atomic mass is 9.61. The monoisotopic (exact) mass is 338 g/mol. The Labute approximate surface area is 146 Å². The number of carboxylic acid groups (broad SMARTS) is 1. The van der Waals surface area contributed by atoms with Crippen molar-refractivity contribution < 1.29 is 20.1 Å². The highest BCUT2D eigenvalue weighted by atomic mass is 16.4. The number of phenols is 2. The zero-order chi connectivity index (χ0) is 17.6. The molecule has 2 aliphatic carbocycles. The van der Waals surface area contributed by atoms with E-state index in [0.717, 1.165) is 30.4 Å². The predicted octanol–water partition coefficient (Wildman–Crippen LogP) is 4.41. The van der Waals surface area contributed by atoms with Gasteiger partial charge in [-0.25, -0.2) is 4.79 Å². The molecule has 4 rings (SSSR count). The second-order valence-corrected chi connectivity index (χ2v) is 7.33. The van der Waals surface area contributed by atoms with Crippen molar-refractivity contribution in [2.75, 3.05) is 0 Å². The summed E-state index contributed by atoms with van der Waals surface area (Å²) in [5, 5.41) is 29.0. The highest BCUT2D eigenvalue weighted by molar-refractivity contribution is 5.91. The highest BCUT2D eigenvalue weighted by Crippen LogP contribution is 2.52. The lowest BCUT2D eigenvalue weighted by Gasteiger charge is -2.43. The van der Waals surface area contributed by atoms with Crippen LogP contribution in [0.4, 0.5) is 0 Å². The van der Waals surface area contributed by atoms with Crippen molar-refractivity contribution >= 4 is 5.97 Å². The molecule has 0 aliphatic heterocycles. The van der Waals surface area contributed by atoms with Gasteiger partial charge in [-0.2, -0.15) is 0 Å². The molecule has 25 heavy (non-hydrogen) atoms. The first-order chi connectivity index (χ1) is 12.0. The standard InChI is InChI=1S/C21H22O4/c22-14-7-5-12(6-8-14)17-9-13-10-19(21(24)25)20(23)11-18(13)16-4-2-1-3-15(16)17/h5-8,10-11,15-17,22-23H,1-4,9H2,(H,24,25). The molecule has 2 aromatic carbocycles. The lowest BCUT2D eigenvalue weighted by molar-refractivity contribution is 0.0693. The molecular weight excluding hydrogens is 316 g/mol. The second-order valence-electron chi connectivity index (χ2n) is 7.33. The number of aromatic carboxylic acids is 1. The Morgan fingerprint density at radius 1 is 0.960 bits per heavy atom. The van der Waals surface area contributed by atoms with Crippen molar-refractivity contribution in [1.82, 2.24) is 0 Å². The van der Waals surface area contributed by atoms with E-state index in [2.05, 4.69) is 0 Å². The number of carbonyl (C=O) groups is 1. The van der Waals surface area contributed by atoms with Crippen LogP contribution in [0.5, 0.6) is 11.5 Å². The van der Waals surface area contributed by atoms with Gasteiger partial charge in [0.1, 0.15) is 17.1 Å². The summed E-state index contributed by atoms with van der Waals surface area (Å²) in [5.41, 5.74) is 3.35. The normalized spacial score (nSPS) is 25.0. The van der Waals surface area contributed by atoms with E-state index < -0.39 is 5.97 Å². The van der Waals surface area contributed by atoms with E-state index in [4.69, 9.17) is 0 Å². The molecule has 4 heteroatoms. The van der Waals surface area contributed by atoms with Crippen LogP contribution >= 0.6 is 0 Å². The molecule has 3 atom stereocenters. The Hall–Kier alpha value is -2.49. The fourth-order valence-electron chi connectivity index (χ4n) is 4.84. The van der Waals surface area contributed by atoms with E-state index in [1.165, 1.54) is 18.4 Å². The van der Waals surface area contributed by atoms with Crippen LogP contribution in [0.1, 0.15) is 64.6 Å². The number of benzene rings is 2. The fraction of sp³-hybridized carbons (Fsp3) is 0.381. The maximum atomic E-state index is 11.4. The van der Waals surface area contributed by atoms with Crippen LogP contribution in [0.3, 0.4) is 0 Å². The summed E-state index contributed by atoms with van der Waals surface area (Å²) < 4.78 is 0. The van der Waals surface area contributed by atoms with Crippen LogP contribution in [0.15, 0.2) is 36.4 Å². The lowest BCUT2D eigenvalue weighted by Crippen LogP contribution is -2.31. The Morgan fingerprint density at radius 2 is 1.68 bits per heavy atom. The van der Waals surface area contributed by atoms with Crippen LogP contribution in [0, 0.1) is 5.92 Å². The molecule has 2 aliphatic rings. The van der Waals surface area contributed by atoms with Gasteiger partial charge >= 0.3 is 5.97 Å². The van der Waals surface area contributed by atoms with Crippen molar-refractivity contribution in [3.05, 3.63) is 58.7 Å². The molecule has 0 bridgehead atoms. The van der Waals surface area contributed by atoms with Gasteiger partial charge in [-0.15, -0.1) is 0 Å². The molecule has 3 unspecified atom stereocenters. The van der Waals surface area contributed by atoms with E-state index in [1.807, 2.05) is 12.1 Å². The molecule has 0 saturated heterocycles. The zero-order valence-corrected chi connectivity index (χ0v) is 14.0. The van der Waals surface area contributed by atoms with E-state index >= 15 is 0 Å². The summed E-state index contributed by atoms with van der Waals surface area (Å²) in [5.74, 6) is 0.236. The van der Waals surface area contributed by atoms with Crippen molar-refractivity contribution in [2.24, 2.45) is 5.92 Å². The van der Waals surface area contributed by atoms with Crippen LogP contribution in [-0.2, 0) is 6.42 Å². The van der Waals surface area contributed by atoms with Gasteiger partial charge in [0.25, 0.3) is 0 Å². The SMILES string of the molecule is O=C(O)c1cc2c(cc1O)C1CCCCC1C(c1ccc(O)cc1)C2. The second kappa shape index (κ2) is 6.10. The van der Waals surface area contributed by atoms with Gasteiger partial charge in [-0.3, -0.25) is 0 Å². The number of fused-ring (bicyclic) bond motifs is 3. The van der Waals surface area contributed by atoms with E-state index in [1.54, 1.807) is 24.3 Å². The summed E-state index contributed by atoms with van der Waals surface area (Å²) >= 11 is 0. The first kappa shape index (κ1) is 16.0. The third-order valence-electron chi connectivity index (χ3n) is 5.98. The van der Waals surface area contributed by atoms with Crippen LogP contribution in [-0.4, -0.2) is 21.3 Å². The van der Waals surface area contributed by atoms with Gasteiger partial charge in [-0.05, 0) is 78.0 Å². The molecule has 2 aromatic rings. The van der Waals surface area contributed by atoms with Gasteiger partial charge in [-0.1, -0.05) is 25.0 Å². The Kier molecular flexibility index (Phi) is 3.91. The molecule has 0 aromatic heterocycles. The van der Waals surface area contributed by atoms with Gasteiger partial charge < -0.3 is 15.3 Å². The predicted molar refractivity (Wildman–Crippen MR) is 94.3 cm³/mol. The smallest absolute Gasteiger partial charge is 0.339 e. The van der Waals surface area contributed by atoms with Crippen molar-refractivity contribution in [2.45, 2.75) is 43.9 Å². The third-order valence-corrected chi connectivity index (χ3v) is 5.98. The van der Waals surface area contributed by atoms with Crippen LogP contribution < -0.4 is 0 Å². The van der Waals surface area contributed by atoms with E-state index in [-0.39, 0.29) is 17.1 Å². The van der Waals surface area contributed by atoms with Gasteiger partial charge in [0.15, 0.2) is 0 Å². The fourth-order valence-corrected chi connectivity index (χ4v) is 4.84. The third kappa shape index (κ3) is 2.76. The van der Waals surface area contributed by atoms with E-state index in [9.17, 15) is 20.1 Å². The maximum Gasteiger partial charge on any atom is 0.339 e. The Balaban J connectivity index is 1.80. The molecule has 1 fully saturated rings. The van der Waals surface area contributed by atoms with Crippen molar-refractivity contribution in [3.63, 3.8) is 0 Å². The summed E-state index contributed by atoms with van der Waals surface area (Å²) in [6, 6.07) is 10.8. The molecule has 130 valence electrons. The number of hydrogen-bond donors (Lipinski definition) is 3. The average Bonchev–Trinajstić information content (AvgIpc) is 2.61. The largest absolute Gasteiger partial charge is 0.508 e. The Bertz CT molecular complexity index is 809. The number of carboxylic acids is 1. The van der Waals surface area contributed by atoms with Gasteiger partial charge in [0, 0.05) is 0 Å². The summed E-state index contributed by atoms with van der Waals surface area (Å²) in [6.45, 7) is 0. The zero-order valence-electron chi connectivity index (χ0n) is 14.0. The minimum Gasteiger partial charge on any atom is -0.508 e. The molecule has 0 amide bonds. The van der Waals surface area contributed by atoms with Crippen LogP contribution in [0.25, 0.3) is 0 Å². The molecule has 0 heterocycles. The van der Waals surface area contributed by atoms with Gasteiger partial charge in [0.05, 0.1) is 0 Å². The Morgan fingerprint density at radius 3 is 2.40 bits per heavy atom. The first-order valence-electron chi connectivity index (χ1n) is 8.92. The first-order valence-corrected chi connectivity index (χ1v) is 8.92. The molecule has 0 spiro atoms. The number of rotatable bonds is 2. The summed E-state index contributed by atoms with van der Waals surface area (Å²) in [4.78, 5) is 11.4. The minimum atomic E-state index is -1.09. The minimum absolute atomic E-state index is 0.0162. The number of aromatic hydroxyl groups is 2. The highest BCUT2D eigenvalue weighted by Gasteiger charge is 2.39. The average molecular weight is 338 g/mol. The van der Waals surface area contributed by atoms with Crippen molar-refractivity contribution in [3.8, 4) is 11.5 Å². The van der Waals surface area contributed by atoms with E-state index in [0.29, 0.717) is 17.8 Å². The topological polar surface area (TPSA) is 77.8 Å². The van der Waals surface area contributed by atoms with Crippen molar-refractivity contribution in [1.29, 1.82) is 0 Å². The molecule has 3 N–H and O–H groups in total. The number of hydrogen-bond acceptors (Lipinski definition) is 3. The summed E-state index contributed by atoms with van der Waals surface area (Å²) in [7, 11) is 0. The molecule has 4 nitrogen and oxygen atoms in total. The molecular formula is C21H22O4. The molecule has 0 radical (unpaired) electrons. The quantitative estimate of drug-likeness (QED) is 0.758. The van der Waals surface area contributed by atoms with Gasteiger partial charge in [0.2, 0.25) is 0 Å².